The number of nitrogens with one attached hydrogen (secondary N) is 1. The molecule has 1 aliphatic rings. The van der Waals surface area contributed by atoms with Gasteiger partial charge in [-0.3, -0.25) is 5.43 Å². The second-order valence-electron chi connectivity index (χ2n) is 3.94. The van der Waals surface area contributed by atoms with E-state index in [-0.39, 0.29) is 6.73 Å². The van der Waals surface area contributed by atoms with Crippen molar-refractivity contribution in [3.05, 3.63) is 35.4 Å². The average molecular weight is 206 g/mol. The highest BCUT2D eigenvalue weighted by Crippen LogP contribution is 2.32. The Morgan fingerprint density at radius 2 is 2.27 bits per heavy atom. The zero-order chi connectivity index (χ0) is 10.7. The van der Waals surface area contributed by atoms with Gasteiger partial charge in [-0.2, -0.15) is 0 Å². The van der Waals surface area contributed by atoms with Crippen molar-refractivity contribution in [1.29, 1.82) is 0 Å². The van der Waals surface area contributed by atoms with Crippen LogP contribution < -0.4 is 5.43 Å². The monoisotopic (exact) mass is 206 g/mol. The minimum atomic E-state index is 0.0511. The maximum absolute atomic E-state index is 9.27. The van der Waals surface area contributed by atoms with E-state index >= 15 is 0 Å². The molecular formula is C12H18N2O. The third kappa shape index (κ3) is 2.04. The van der Waals surface area contributed by atoms with Crippen LogP contribution in [0.5, 0.6) is 0 Å². The van der Waals surface area contributed by atoms with Gasteiger partial charge in [-0.25, -0.2) is 5.01 Å². The molecule has 0 saturated carbocycles. The largest absolute Gasteiger partial charge is 0.380 e. The Balaban J connectivity index is 2.28. The number of hydrogen-bond donors (Lipinski definition) is 2. The zero-order valence-corrected chi connectivity index (χ0v) is 9.11. The maximum atomic E-state index is 9.27. The van der Waals surface area contributed by atoms with E-state index in [0.717, 1.165) is 12.8 Å². The molecule has 82 valence electrons. The number of hydrazine groups is 1. The van der Waals surface area contributed by atoms with E-state index in [1.807, 2.05) is 12.1 Å². The predicted octanol–water partition coefficient (Wildman–Crippen LogP) is 1.45. The van der Waals surface area contributed by atoms with Crippen LogP contribution in [0, 0.1) is 0 Å². The van der Waals surface area contributed by atoms with Crippen molar-refractivity contribution < 1.29 is 5.11 Å². The molecule has 1 atom stereocenters. The molecule has 0 spiro atoms. The van der Waals surface area contributed by atoms with Gasteiger partial charge in [0, 0.05) is 0 Å². The molecule has 0 aromatic heterocycles. The summed E-state index contributed by atoms with van der Waals surface area (Å²) in [5.74, 6) is 0. The Morgan fingerprint density at radius 3 is 3.00 bits per heavy atom. The number of benzene rings is 1. The summed E-state index contributed by atoms with van der Waals surface area (Å²) < 4.78 is 0. The second-order valence-corrected chi connectivity index (χ2v) is 3.94. The molecule has 15 heavy (non-hydrogen) atoms. The van der Waals surface area contributed by atoms with Gasteiger partial charge in [-0.1, -0.05) is 24.3 Å². The predicted molar refractivity (Wildman–Crippen MR) is 60.1 cm³/mol. The maximum Gasteiger partial charge on any atom is 0.109 e. The Hall–Kier alpha value is -0.900. The normalized spacial score (nSPS) is 20.3. The van der Waals surface area contributed by atoms with E-state index in [0.29, 0.717) is 6.04 Å². The lowest BCUT2D eigenvalue weighted by atomic mass is 9.87. The van der Waals surface area contributed by atoms with Crippen molar-refractivity contribution in [2.75, 3.05) is 13.8 Å². The molecule has 3 nitrogen and oxygen atoms in total. The number of aryl methyl sites for hydroxylation is 1. The lowest BCUT2D eigenvalue weighted by Crippen LogP contribution is -2.40. The average Bonchev–Trinajstić information content (AvgIpc) is 2.31. The first-order chi connectivity index (χ1) is 7.36. The number of hydrogen-bond acceptors (Lipinski definition) is 3. The van der Waals surface area contributed by atoms with Gasteiger partial charge in [0.2, 0.25) is 0 Å². The highest BCUT2D eigenvalue weighted by molar-refractivity contribution is 5.32. The van der Waals surface area contributed by atoms with Crippen LogP contribution in [0.3, 0.4) is 0 Å². The summed E-state index contributed by atoms with van der Waals surface area (Å²) in [5.41, 5.74) is 5.82. The summed E-state index contributed by atoms with van der Waals surface area (Å²) in [7, 11) is 1.85. The van der Waals surface area contributed by atoms with Gasteiger partial charge in [-0.15, -0.1) is 0 Å². The summed E-state index contributed by atoms with van der Waals surface area (Å²) in [6.45, 7) is 0.0511. The molecule has 0 heterocycles. The van der Waals surface area contributed by atoms with Crippen LogP contribution >= 0.6 is 0 Å². The van der Waals surface area contributed by atoms with Crippen molar-refractivity contribution in [1.82, 2.24) is 10.4 Å². The van der Waals surface area contributed by atoms with E-state index in [1.54, 1.807) is 0 Å². The minimum absolute atomic E-state index is 0.0511. The zero-order valence-electron chi connectivity index (χ0n) is 9.11. The van der Waals surface area contributed by atoms with Gasteiger partial charge in [0.25, 0.3) is 0 Å². The summed E-state index contributed by atoms with van der Waals surface area (Å²) in [6, 6.07) is 8.82. The molecule has 1 aromatic rings. The van der Waals surface area contributed by atoms with Gasteiger partial charge in [-0.05, 0) is 37.4 Å². The van der Waals surface area contributed by atoms with Crippen molar-refractivity contribution >= 4 is 0 Å². The fraction of sp³-hybridized carbons (Fsp3) is 0.500. The fourth-order valence-electron chi connectivity index (χ4n) is 2.38. The number of nitrogens with zero attached hydrogens (tertiary/aromatic N) is 1. The second kappa shape index (κ2) is 4.75. The smallest absolute Gasteiger partial charge is 0.109 e. The lowest BCUT2D eigenvalue weighted by Gasteiger charge is -2.33. The third-order valence-corrected chi connectivity index (χ3v) is 3.15. The molecule has 0 radical (unpaired) electrons. The van der Waals surface area contributed by atoms with Crippen LogP contribution in [-0.4, -0.2) is 23.9 Å². The van der Waals surface area contributed by atoms with Gasteiger partial charge in [0.1, 0.15) is 6.73 Å². The summed E-state index contributed by atoms with van der Waals surface area (Å²) in [5, 5.41) is 11.2. The molecule has 0 aliphatic heterocycles. The van der Waals surface area contributed by atoms with Crippen molar-refractivity contribution in [3.63, 3.8) is 0 Å². The molecular weight excluding hydrogens is 188 g/mol. The Morgan fingerprint density at radius 1 is 1.47 bits per heavy atom. The van der Waals surface area contributed by atoms with E-state index in [9.17, 15) is 5.11 Å². The Bertz CT molecular complexity index is 323. The van der Waals surface area contributed by atoms with Crippen molar-refractivity contribution in [3.8, 4) is 0 Å². The van der Waals surface area contributed by atoms with Crippen molar-refractivity contribution in [2.24, 2.45) is 0 Å². The van der Waals surface area contributed by atoms with E-state index in [4.69, 9.17) is 0 Å². The molecule has 1 aromatic carbocycles. The van der Waals surface area contributed by atoms with Crippen molar-refractivity contribution in [2.45, 2.75) is 25.3 Å². The first-order valence-electron chi connectivity index (χ1n) is 5.49. The molecule has 1 unspecified atom stereocenters. The summed E-state index contributed by atoms with van der Waals surface area (Å²) in [6.07, 6.45) is 3.47. The highest BCUT2D eigenvalue weighted by atomic mass is 16.3. The number of aliphatic hydroxyl groups is 1. The number of fused-ring (bicyclic) bond motifs is 1. The summed E-state index contributed by atoms with van der Waals surface area (Å²) >= 11 is 0. The van der Waals surface area contributed by atoms with Gasteiger partial charge < -0.3 is 5.11 Å². The molecule has 2 rings (SSSR count). The first-order valence-corrected chi connectivity index (χ1v) is 5.49. The molecule has 0 bridgehead atoms. The Labute approximate surface area is 90.7 Å². The van der Waals surface area contributed by atoms with E-state index in [1.165, 1.54) is 17.5 Å². The molecule has 2 N–H and O–H groups in total. The quantitative estimate of drug-likeness (QED) is 0.580. The van der Waals surface area contributed by atoms with Gasteiger partial charge in [0.15, 0.2) is 0 Å². The van der Waals surface area contributed by atoms with E-state index < -0.39 is 0 Å². The third-order valence-electron chi connectivity index (χ3n) is 3.15. The standard InChI is InChI=1S/C12H18N2O/c1-13-14(9-15)12-8-4-6-10-5-2-3-7-11(10)12/h2-3,5,7,12-13,15H,4,6,8-9H2,1H3. The molecule has 3 heteroatoms. The first kappa shape index (κ1) is 10.6. The Kier molecular flexibility index (Phi) is 3.36. The number of rotatable bonds is 3. The van der Waals surface area contributed by atoms with Crippen LogP contribution in [0.1, 0.15) is 30.0 Å². The van der Waals surface area contributed by atoms with Gasteiger partial charge >= 0.3 is 0 Å². The molecule has 0 amide bonds. The highest BCUT2D eigenvalue weighted by Gasteiger charge is 2.24. The SMILES string of the molecule is CNN(CO)C1CCCc2ccccc21. The van der Waals surface area contributed by atoms with E-state index in [2.05, 4.69) is 29.7 Å². The summed E-state index contributed by atoms with van der Waals surface area (Å²) in [4.78, 5) is 0. The minimum Gasteiger partial charge on any atom is -0.380 e. The van der Waals surface area contributed by atoms with Crippen LogP contribution in [-0.2, 0) is 6.42 Å². The fourth-order valence-corrected chi connectivity index (χ4v) is 2.38. The van der Waals surface area contributed by atoms with Crippen LogP contribution in [0.4, 0.5) is 0 Å². The number of aliphatic hydroxyl groups excluding tert-OH is 1. The van der Waals surface area contributed by atoms with Crippen LogP contribution in [0.25, 0.3) is 0 Å². The molecule has 0 saturated heterocycles. The van der Waals surface area contributed by atoms with Crippen LogP contribution in [0.2, 0.25) is 0 Å². The lowest BCUT2D eigenvalue weighted by molar-refractivity contribution is 0.0220. The molecule has 1 aliphatic carbocycles. The van der Waals surface area contributed by atoms with Gasteiger partial charge in [0.05, 0.1) is 6.04 Å². The van der Waals surface area contributed by atoms with Crippen LogP contribution in [0.15, 0.2) is 24.3 Å². The topological polar surface area (TPSA) is 35.5 Å². The molecule has 0 fully saturated rings.